The van der Waals surface area contributed by atoms with Crippen molar-refractivity contribution in [2.45, 2.75) is 13.0 Å². The highest BCUT2D eigenvalue weighted by atomic mass is 19.1. The predicted molar refractivity (Wildman–Crippen MR) is 93.3 cm³/mol. The standard InChI is InChI=1S/C20H19F2N3O/c21-18-10-17(11-19(22)12-18)20(26)25-7-1-6-24(8-9-25)14-16-4-2-15(13-23)3-5-16/h2-5,10-12H,1,6-9,14H2. The third-order valence-corrected chi connectivity index (χ3v) is 4.47. The first-order valence-corrected chi connectivity index (χ1v) is 8.52. The van der Waals surface area contributed by atoms with Gasteiger partial charge in [0.15, 0.2) is 0 Å². The van der Waals surface area contributed by atoms with Gasteiger partial charge in [0.25, 0.3) is 5.91 Å². The third kappa shape index (κ3) is 4.44. The Bertz CT molecular complexity index is 810. The first-order chi connectivity index (χ1) is 12.5. The van der Waals surface area contributed by atoms with Gasteiger partial charge in [0.05, 0.1) is 11.6 Å². The molecule has 1 heterocycles. The van der Waals surface area contributed by atoms with Gasteiger partial charge in [-0.05, 0) is 36.2 Å². The second-order valence-electron chi connectivity index (χ2n) is 6.39. The summed E-state index contributed by atoms with van der Waals surface area (Å²) in [5.41, 5.74) is 1.78. The first kappa shape index (κ1) is 18.0. The minimum Gasteiger partial charge on any atom is -0.337 e. The summed E-state index contributed by atoms with van der Waals surface area (Å²) in [5, 5.41) is 8.85. The normalized spacial score (nSPS) is 15.3. The van der Waals surface area contributed by atoms with Crippen molar-refractivity contribution in [1.29, 1.82) is 5.26 Å². The van der Waals surface area contributed by atoms with E-state index < -0.39 is 11.6 Å². The van der Waals surface area contributed by atoms with Gasteiger partial charge in [-0.25, -0.2) is 8.78 Å². The van der Waals surface area contributed by atoms with E-state index in [0.29, 0.717) is 25.2 Å². The van der Waals surface area contributed by atoms with E-state index in [1.165, 1.54) is 0 Å². The number of rotatable bonds is 3. The molecular weight excluding hydrogens is 336 g/mol. The summed E-state index contributed by atoms with van der Waals surface area (Å²) in [7, 11) is 0. The number of nitriles is 1. The summed E-state index contributed by atoms with van der Waals surface area (Å²) in [4.78, 5) is 16.4. The molecule has 26 heavy (non-hydrogen) atoms. The minimum absolute atomic E-state index is 0.0445. The number of amides is 1. The maximum atomic E-state index is 13.4. The van der Waals surface area contributed by atoms with Crippen LogP contribution in [0.5, 0.6) is 0 Å². The summed E-state index contributed by atoms with van der Waals surface area (Å²) in [6.45, 7) is 3.32. The lowest BCUT2D eigenvalue weighted by Crippen LogP contribution is -2.35. The lowest BCUT2D eigenvalue weighted by molar-refractivity contribution is 0.0760. The highest BCUT2D eigenvalue weighted by molar-refractivity contribution is 5.94. The molecule has 1 saturated heterocycles. The van der Waals surface area contributed by atoms with Crippen LogP contribution in [0, 0.1) is 23.0 Å². The molecule has 1 fully saturated rings. The van der Waals surface area contributed by atoms with Gasteiger partial charge in [-0.15, -0.1) is 0 Å². The fourth-order valence-corrected chi connectivity index (χ4v) is 3.13. The molecule has 1 aliphatic rings. The highest BCUT2D eigenvalue weighted by Crippen LogP contribution is 2.14. The van der Waals surface area contributed by atoms with Gasteiger partial charge in [-0.3, -0.25) is 9.69 Å². The summed E-state index contributed by atoms with van der Waals surface area (Å²) in [5.74, 6) is -1.83. The second-order valence-corrected chi connectivity index (χ2v) is 6.39. The highest BCUT2D eigenvalue weighted by Gasteiger charge is 2.21. The van der Waals surface area contributed by atoms with E-state index in [1.54, 1.807) is 17.0 Å². The Kier molecular flexibility index (Phi) is 5.59. The molecule has 0 spiro atoms. The van der Waals surface area contributed by atoms with E-state index in [2.05, 4.69) is 11.0 Å². The van der Waals surface area contributed by atoms with Crippen molar-refractivity contribution in [3.05, 3.63) is 70.8 Å². The number of hydrogen-bond donors (Lipinski definition) is 0. The molecule has 0 aliphatic carbocycles. The van der Waals surface area contributed by atoms with Crippen molar-refractivity contribution in [1.82, 2.24) is 9.80 Å². The molecule has 2 aromatic rings. The summed E-state index contributed by atoms with van der Waals surface area (Å²) in [6.07, 6.45) is 0.791. The van der Waals surface area contributed by atoms with Crippen molar-refractivity contribution in [2.24, 2.45) is 0 Å². The van der Waals surface area contributed by atoms with Crippen LogP contribution in [0.2, 0.25) is 0 Å². The molecule has 0 unspecified atom stereocenters. The summed E-state index contributed by atoms with van der Waals surface area (Å²) < 4.78 is 26.7. The molecule has 2 aromatic carbocycles. The smallest absolute Gasteiger partial charge is 0.254 e. The van der Waals surface area contributed by atoms with Crippen molar-refractivity contribution in [2.75, 3.05) is 26.2 Å². The summed E-state index contributed by atoms with van der Waals surface area (Å²) >= 11 is 0. The van der Waals surface area contributed by atoms with E-state index in [9.17, 15) is 13.6 Å². The zero-order valence-electron chi connectivity index (χ0n) is 14.3. The Morgan fingerprint density at radius 2 is 1.69 bits per heavy atom. The summed E-state index contributed by atoms with van der Waals surface area (Å²) in [6, 6.07) is 12.5. The van der Waals surface area contributed by atoms with E-state index in [1.807, 2.05) is 12.1 Å². The third-order valence-electron chi connectivity index (χ3n) is 4.47. The van der Waals surface area contributed by atoms with Crippen molar-refractivity contribution in [3.8, 4) is 6.07 Å². The number of benzene rings is 2. The van der Waals surface area contributed by atoms with Gasteiger partial charge in [0, 0.05) is 44.4 Å². The Labute approximate surface area is 151 Å². The van der Waals surface area contributed by atoms with Crippen LogP contribution in [0.15, 0.2) is 42.5 Å². The lowest BCUT2D eigenvalue weighted by atomic mass is 10.1. The predicted octanol–water partition coefficient (Wildman–Crippen LogP) is 3.18. The molecule has 6 heteroatoms. The van der Waals surface area contributed by atoms with Crippen LogP contribution in [0.25, 0.3) is 0 Å². The quantitative estimate of drug-likeness (QED) is 0.850. The molecule has 134 valence electrons. The van der Waals surface area contributed by atoms with Gasteiger partial charge in [-0.2, -0.15) is 5.26 Å². The molecule has 4 nitrogen and oxygen atoms in total. The van der Waals surface area contributed by atoms with Gasteiger partial charge in [0.2, 0.25) is 0 Å². The zero-order valence-corrected chi connectivity index (χ0v) is 14.3. The van der Waals surface area contributed by atoms with Crippen LogP contribution in [0.4, 0.5) is 8.78 Å². The van der Waals surface area contributed by atoms with Crippen molar-refractivity contribution in [3.63, 3.8) is 0 Å². The molecule has 0 radical (unpaired) electrons. The fourth-order valence-electron chi connectivity index (χ4n) is 3.13. The van der Waals surface area contributed by atoms with Crippen LogP contribution in [-0.2, 0) is 6.54 Å². The Morgan fingerprint density at radius 1 is 1.00 bits per heavy atom. The van der Waals surface area contributed by atoms with E-state index >= 15 is 0 Å². The topological polar surface area (TPSA) is 47.3 Å². The minimum atomic E-state index is -0.745. The SMILES string of the molecule is N#Cc1ccc(CN2CCCN(C(=O)c3cc(F)cc(F)c3)CC2)cc1. The molecule has 1 aliphatic heterocycles. The van der Waals surface area contributed by atoms with Gasteiger partial charge in [-0.1, -0.05) is 12.1 Å². The number of halogens is 2. The fraction of sp³-hybridized carbons (Fsp3) is 0.300. The molecular formula is C20H19F2N3O. The average molecular weight is 355 g/mol. The maximum absolute atomic E-state index is 13.4. The van der Waals surface area contributed by atoms with Gasteiger partial charge in [0.1, 0.15) is 11.6 Å². The van der Waals surface area contributed by atoms with Gasteiger partial charge >= 0.3 is 0 Å². The molecule has 3 rings (SSSR count). The monoisotopic (exact) mass is 355 g/mol. The molecule has 1 amide bonds. The maximum Gasteiger partial charge on any atom is 0.254 e. The Balaban J connectivity index is 1.62. The average Bonchev–Trinajstić information content (AvgIpc) is 2.86. The number of nitrogens with zero attached hydrogens (tertiary/aromatic N) is 3. The molecule has 0 aromatic heterocycles. The molecule has 0 bridgehead atoms. The van der Waals surface area contributed by atoms with Crippen LogP contribution in [-0.4, -0.2) is 41.9 Å². The van der Waals surface area contributed by atoms with E-state index in [-0.39, 0.29) is 11.5 Å². The molecule has 0 saturated carbocycles. The Hall–Kier alpha value is -2.78. The molecule has 0 atom stereocenters. The van der Waals surface area contributed by atoms with E-state index in [0.717, 1.165) is 43.3 Å². The van der Waals surface area contributed by atoms with Crippen LogP contribution >= 0.6 is 0 Å². The first-order valence-electron chi connectivity index (χ1n) is 8.52. The number of carbonyl (C=O) groups is 1. The lowest BCUT2D eigenvalue weighted by Gasteiger charge is -2.22. The van der Waals surface area contributed by atoms with Crippen LogP contribution < -0.4 is 0 Å². The van der Waals surface area contributed by atoms with Crippen molar-refractivity contribution < 1.29 is 13.6 Å². The largest absolute Gasteiger partial charge is 0.337 e. The number of carbonyl (C=O) groups excluding carboxylic acids is 1. The van der Waals surface area contributed by atoms with Crippen LogP contribution in [0.3, 0.4) is 0 Å². The van der Waals surface area contributed by atoms with E-state index in [4.69, 9.17) is 5.26 Å². The Morgan fingerprint density at radius 3 is 2.35 bits per heavy atom. The zero-order chi connectivity index (χ0) is 18.5. The second kappa shape index (κ2) is 8.07. The molecule has 0 N–H and O–H groups in total. The van der Waals surface area contributed by atoms with Crippen LogP contribution in [0.1, 0.15) is 27.9 Å². The van der Waals surface area contributed by atoms with Gasteiger partial charge < -0.3 is 4.90 Å². The number of hydrogen-bond acceptors (Lipinski definition) is 3. The van der Waals surface area contributed by atoms with Crippen molar-refractivity contribution >= 4 is 5.91 Å².